The zero-order chi connectivity index (χ0) is 10.2. The molecule has 0 heterocycles. The summed E-state index contributed by atoms with van der Waals surface area (Å²) >= 11 is 1.98. The monoisotopic (exact) mass is 219 g/mol. The van der Waals surface area contributed by atoms with Gasteiger partial charge in [0.1, 0.15) is 0 Å². The molecule has 1 fully saturated rings. The van der Waals surface area contributed by atoms with Gasteiger partial charge in [0.25, 0.3) is 0 Å². The highest BCUT2D eigenvalue weighted by Gasteiger charge is 2.22. The van der Waals surface area contributed by atoms with E-state index in [9.17, 15) is 0 Å². The molecule has 1 aliphatic carbocycles. The first-order chi connectivity index (χ1) is 6.86. The number of nitrogens with one attached hydrogen (secondary N) is 1. The molecule has 0 saturated heterocycles. The Morgan fingerprint density at radius 2 is 2.29 bits per heavy atom. The summed E-state index contributed by atoms with van der Waals surface area (Å²) in [6.45, 7) is 2.20. The van der Waals surface area contributed by atoms with Crippen molar-refractivity contribution in [1.29, 1.82) is 0 Å². The average molecular weight is 219 g/mol. The van der Waals surface area contributed by atoms with E-state index < -0.39 is 0 Å². The minimum atomic E-state index is 0.123. The van der Waals surface area contributed by atoms with Gasteiger partial charge in [0, 0.05) is 17.8 Å². The summed E-state index contributed by atoms with van der Waals surface area (Å²) in [6.07, 6.45) is 6.13. The van der Waals surface area contributed by atoms with E-state index in [1.54, 1.807) is 0 Å². The zero-order valence-corrected chi connectivity index (χ0v) is 9.68. The minimum Gasteiger partial charge on any atom is -0.394 e. The van der Waals surface area contributed by atoms with Crippen molar-refractivity contribution >= 4 is 11.8 Å². The number of hydrogen-bond donors (Lipinski definition) is 2. The molecule has 2 unspecified atom stereocenters. The summed E-state index contributed by atoms with van der Waals surface area (Å²) < 4.78 is 5.18. The molecule has 0 aromatic rings. The van der Waals surface area contributed by atoms with Crippen molar-refractivity contribution in [3.05, 3.63) is 0 Å². The molecule has 1 saturated carbocycles. The van der Waals surface area contributed by atoms with Gasteiger partial charge in [-0.3, -0.25) is 0 Å². The van der Waals surface area contributed by atoms with Crippen molar-refractivity contribution in [2.24, 2.45) is 0 Å². The molecule has 0 aromatic carbocycles. The third-order valence-electron chi connectivity index (χ3n) is 2.63. The van der Waals surface area contributed by atoms with E-state index in [1.807, 2.05) is 11.8 Å². The predicted octanol–water partition coefficient (Wildman–Crippen LogP) is 0.869. The lowest BCUT2D eigenvalue weighted by atomic mass is 10.2. The second-order valence-electron chi connectivity index (χ2n) is 3.66. The first-order valence-electron chi connectivity index (χ1n) is 5.31. The van der Waals surface area contributed by atoms with Crippen molar-refractivity contribution in [1.82, 2.24) is 5.32 Å². The third kappa shape index (κ3) is 4.64. The maximum absolute atomic E-state index is 8.50. The molecule has 14 heavy (non-hydrogen) atoms. The van der Waals surface area contributed by atoms with Crippen LogP contribution in [-0.2, 0) is 4.74 Å². The maximum Gasteiger partial charge on any atom is 0.0698 e. The predicted molar refractivity (Wildman–Crippen MR) is 60.8 cm³/mol. The zero-order valence-electron chi connectivity index (χ0n) is 8.87. The number of thioether (sulfide) groups is 1. The van der Waals surface area contributed by atoms with Crippen LogP contribution >= 0.6 is 11.8 Å². The van der Waals surface area contributed by atoms with E-state index in [0.717, 1.165) is 11.8 Å². The van der Waals surface area contributed by atoms with Crippen LogP contribution in [0.5, 0.6) is 0 Å². The Balaban J connectivity index is 1.92. The van der Waals surface area contributed by atoms with Gasteiger partial charge in [-0.25, -0.2) is 0 Å². The quantitative estimate of drug-likeness (QED) is 0.623. The van der Waals surface area contributed by atoms with Crippen LogP contribution in [0.1, 0.15) is 19.3 Å². The molecule has 0 amide bonds. The van der Waals surface area contributed by atoms with E-state index in [1.165, 1.54) is 19.3 Å². The van der Waals surface area contributed by atoms with Crippen LogP contribution in [0, 0.1) is 0 Å². The summed E-state index contributed by atoms with van der Waals surface area (Å²) in [7, 11) is 0. The summed E-state index contributed by atoms with van der Waals surface area (Å²) in [4.78, 5) is 0. The Kier molecular flexibility index (Phi) is 6.60. The van der Waals surface area contributed by atoms with Crippen LogP contribution in [0.4, 0.5) is 0 Å². The number of hydrogen-bond acceptors (Lipinski definition) is 4. The highest BCUT2D eigenvalue weighted by Crippen LogP contribution is 2.27. The third-order valence-corrected chi connectivity index (χ3v) is 3.73. The van der Waals surface area contributed by atoms with Gasteiger partial charge < -0.3 is 15.2 Å². The van der Waals surface area contributed by atoms with Crippen molar-refractivity contribution < 1.29 is 9.84 Å². The fourth-order valence-electron chi connectivity index (χ4n) is 1.84. The Bertz CT molecular complexity index is 146. The van der Waals surface area contributed by atoms with Gasteiger partial charge in [-0.2, -0.15) is 11.8 Å². The number of aliphatic hydroxyl groups excluding tert-OH is 1. The van der Waals surface area contributed by atoms with Gasteiger partial charge in [-0.05, 0) is 25.5 Å². The lowest BCUT2D eigenvalue weighted by Crippen LogP contribution is -2.30. The van der Waals surface area contributed by atoms with Crippen molar-refractivity contribution in [3.63, 3.8) is 0 Å². The normalized spacial score (nSPS) is 27.0. The first-order valence-corrected chi connectivity index (χ1v) is 6.60. The second kappa shape index (κ2) is 7.51. The molecule has 1 aliphatic rings. The SMILES string of the molecule is CSC1CCC(NCCOCCO)C1. The molecule has 0 aromatic heterocycles. The Morgan fingerprint density at radius 3 is 2.93 bits per heavy atom. The van der Waals surface area contributed by atoms with Crippen LogP contribution in [0.3, 0.4) is 0 Å². The van der Waals surface area contributed by atoms with Gasteiger partial charge in [-0.15, -0.1) is 0 Å². The number of rotatable bonds is 7. The fourth-order valence-corrected chi connectivity index (χ4v) is 2.64. The molecule has 1 rings (SSSR count). The molecule has 3 nitrogen and oxygen atoms in total. The molecule has 0 bridgehead atoms. The highest BCUT2D eigenvalue weighted by atomic mass is 32.2. The maximum atomic E-state index is 8.50. The van der Waals surface area contributed by atoms with E-state index in [2.05, 4.69) is 11.6 Å². The van der Waals surface area contributed by atoms with Gasteiger partial charge >= 0.3 is 0 Å². The lowest BCUT2D eigenvalue weighted by Gasteiger charge is -2.12. The Morgan fingerprint density at radius 1 is 1.43 bits per heavy atom. The molecular weight excluding hydrogens is 198 g/mol. The number of ether oxygens (including phenoxy) is 1. The summed E-state index contributed by atoms with van der Waals surface area (Å²) in [5, 5.41) is 12.8. The largest absolute Gasteiger partial charge is 0.394 e. The molecule has 2 N–H and O–H groups in total. The molecule has 0 spiro atoms. The average Bonchev–Trinajstić information content (AvgIpc) is 2.65. The van der Waals surface area contributed by atoms with Gasteiger partial charge in [0.2, 0.25) is 0 Å². The smallest absolute Gasteiger partial charge is 0.0698 e. The van der Waals surface area contributed by atoms with Gasteiger partial charge in [0.05, 0.1) is 19.8 Å². The van der Waals surface area contributed by atoms with E-state index in [4.69, 9.17) is 9.84 Å². The first kappa shape index (κ1) is 12.3. The minimum absolute atomic E-state index is 0.123. The van der Waals surface area contributed by atoms with Crippen LogP contribution in [0.25, 0.3) is 0 Å². The summed E-state index contributed by atoms with van der Waals surface area (Å²) in [6, 6.07) is 0.685. The molecule has 84 valence electrons. The standard InChI is InChI=1S/C10H21NO2S/c1-14-10-3-2-9(8-10)11-4-6-13-7-5-12/h9-12H,2-8H2,1H3. The summed E-state index contributed by atoms with van der Waals surface area (Å²) in [5.74, 6) is 0. The van der Waals surface area contributed by atoms with Crippen LogP contribution in [0.2, 0.25) is 0 Å². The lowest BCUT2D eigenvalue weighted by molar-refractivity contribution is 0.0927. The van der Waals surface area contributed by atoms with Crippen LogP contribution in [-0.4, -0.2) is 49.0 Å². The molecule has 0 aliphatic heterocycles. The van der Waals surface area contributed by atoms with E-state index >= 15 is 0 Å². The fraction of sp³-hybridized carbons (Fsp3) is 1.00. The highest BCUT2D eigenvalue weighted by molar-refractivity contribution is 7.99. The molecule has 4 heteroatoms. The van der Waals surface area contributed by atoms with Crippen LogP contribution < -0.4 is 5.32 Å². The molecule has 0 radical (unpaired) electrons. The Labute approximate surface area is 90.6 Å². The number of aliphatic hydroxyl groups is 1. The van der Waals surface area contributed by atoms with Crippen molar-refractivity contribution in [2.45, 2.75) is 30.6 Å². The topological polar surface area (TPSA) is 41.5 Å². The van der Waals surface area contributed by atoms with Gasteiger partial charge in [0.15, 0.2) is 0 Å². The van der Waals surface area contributed by atoms with E-state index in [-0.39, 0.29) is 6.61 Å². The van der Waals surface area contributed by atoms with Crippen molar-refractivity contribution in [2.75, 3.05) is 32.6 Å². The Hall–Kier alpha value is 0.230. The van der Waals surface area contributed by atoms with Gasteiger partial charge in [-0.1, -0.05) is 0 Å². The molecule has 2 atom stereocenters. The van der Waals surface area contributed by atoms with E-state index in [0.29, 0.717) is 19.3 Å². The van der Waals surface area contributed by atoms with Crippen LogP contribution in [0.15, 0.2) is 0 Å². The molecular formula is C10H21NO2S. The van der Waals surface area contributed by atoms with Crippen molar-refractivity contribution in [3.8, 4) is 0 Å². The summed E-state index contributed by atoms with van der Waals surface area (Å²) in [5.41, 5.74) is 0. The second-order valence-corrected chi connectivity index (χ2v) is 4.80.